The van der Waals surface area contributed by atoms with Crippen molar-refractivity contribution < 1.29 is 9.53 Å². The minimum Gasteiger partial charge on any atom is -0.497 e. The van der Waals surface area contributed by atoms with E-state index >= 15 is 0 Å². The van der Waals surface area contributed by atoms with Crippen molar-refractivity contribution in [2.24, 2.45) is 5.10 Å². The van der Waals surface area contributed by atoms with E-state index in [2.05, 4.69) is 0 Å². The second-order valence-corrected chi connectivity index (χ2v) is 6.42. The molecule has 3 aromatic rings. The molecule has 0 bridgehead atoms. The predicted octanol–water partition coefficient (Wildman–Crippen LogP) is 4.69. The molecule has 0 spiro atoms. The Balaban J connectivity index is 1.71. The van der Waals surface area contributed by atoms with Crippen molar-refractivity contribution >= 4 is 11.6 Å². The molecular formula is C23H20N2O2. The molecule has 134 valence electrons. The monoisotopic (exact) mass is 356 g/mol. The number of nitrogens with zero attached hydrogens (tertiary/aromatic N) is 2. The summed E-state index contributed by atoms with van der Waals surface area (Å²) < 4.78 is 5.26. The van der Waals surface area contributed by atoms with Gasteiger partial charge in [0.1, 0.15) is 5.75 Å². The molecule has 1 aliphatic rings. The van der Waals surface area contributed by atoms with Gasteiger partial charge in [0.15, 0.2) is 0 Å². The number of carbonyl (C=O) groups excluding carboxylic acids is 1. The maximum absolute atomic E-state index is 13.1. The van der Waals surface area contributed by atoms with Gasteiger partial charge in [0.05, 0.1) is 18.9 Å². The zero-order chi connectivity index (χ0) is 18.6. The van der Waals surface area contributed by atoms with Crippen molar-refractivity contribution in [1.29, 1.82) is 0 Å². The Morgan fingerprint density at radius 3 is 2.19 bits per heavy atom. The molecule has 1 heterocycles. The van der Waals surface area contributed by atoms with E-state index in [-0.39, 0.29) is 11.9 Å². The van der Waals surface area contributed by atoms with Gasteiger partial charge in [-0.15, -0.1) is 0 Å². The molecule has 1 aliphatic heterocycles. The molecule has 1 atom stereocenters. The molecular weight excluding hydrogens is 336 g/mol. The normalized spacial score (nSPS) is 16.1. The average molecular weight is 356 g/mol. The summed E-state index contributed by atoms with van der Waals surface area (Å²) in [7, 11) is 1.65. The molecule has 27 heavy (non-hydrogen) atoms. The highest BCUT2D eigenvalue weighted by molar-refractivity contribution is 6.05. The Morgan fingerprint density at radius 2 is 1.56 bits per heavy atom. The smallest absolute Gasteiger partial charge is 0.274 e. The summed E-state index contributed by atoms with van der Waals surface area (Å²) in [5.41, 5.74) is 3.63. The Bertz CT molecular complexity index is 951. The van der Waals surface area contributed by atoms with Gasteiger partial charge in [-0.05, 0) is 35.4 Å². The Morgan fingerprint density at radius 1 is 0.926 bits per heavy atom. The fourth-order valence-electron chi connectivity index (χ4n) is 3.30. The minimum atomic E-state index is -0.140. The fraction of sp³-hybridized carbons (Fsp3) is 0.130. The van der Waals surface area contributed by atoms with Gasteiger partial charge >= 0.3 is 0 Å². The molecule has 0 unspecified atom stereocenters. The molecule has 0 aromatic heterocycles. The number of hydrazone groups is 1. The molecule has 3 aromatic carbocycles. The van der Waals surface area contributed by atoms with E-state index in [1.165, 1.54) is 0 Å². The topological polar surface area (TPSA) is 41.9 Å². The van der Waals surface area contributed by atoms with Crippen molar-refractivity contribution in [2.75, 3.05) is 7.11 Å². The third-order valence-corrected chi connectivity index (χ3v) is 4.75. The SMILES string of the molecule is COc1ccc([C@H]2CC(c3ccccc3)=NN2C(=O)c2ccccc2)cc1. The second kappa shape index (κ2) is 7.46. The average Bonchev–Trinajstić information content (AvgIpc) is 3.20. The number of hydrogen-bond donors (Lipinski definition) is 0. The zero-order valence-corrected chi connectivity index (χ0v) is 15.1. The van der Waals surface area contributed by atoms with Gasteiger partial charge in [-0.1, -0.05) is 60.7 Å². The van der Waals surface area contributed by atoms with Gasteiger partial charge in [-0.3, -0.25) is 4.79 Å². The third-order valence-electron chi connectivity index (χ3n) is 4.75. The van der Waals surface area contributed by atoms with Crippen LogP contribution in [0.3, 0.4) is 0 Å². The first kappa shape index (κ1) is 17.0. The molecule has 1 amide bonds. The minimum absolute atomic E-state index is 0.0950. The molecule has 0 radical (unpaired) electrons. The number of amides is 1. The van der Waals surface area contributed by atoms with E-state index in [1.54, 1.807) is 12.1 Å². The van der Waals surface area contributed by atoms with E-state index in [0.717, 1.165) is 22.6 Å². The first-order chi connectivity index (χ1) is 13.3. The highest BCUT2D eigenvalue weighted by atomic mass is 16.5. The van der Waals surface area contributed by atoms with Crippen LogP contribution in [0.15, 0.2) is 90.0 Å². The van der Waals surface area contributed by atoms with Crippen LogP contribution in [0.2, 0.25) is 0 Å². The molecule has 0 fully saturated rings. The van der Waals surface area contributed by atoms with Crippen LogP contribution < -0.4 is 4.74 Å². The molecule has 4 rings (SSSR count). The molecule has 0 N–H and O–H groups in total. The number of hydrogen-bond acceptors (Lipinski definition) is 3. The summed E-state index contributed by atoms with van der Waals surface area (Å²) in [6.07, 6.45) is 0.676. The van der Waals surface area contributed by atoms with Crippen LogP contribution in [0.4, 0.5) is 0 Å². The predicted molar refractivity (Wildman–Crippen MR) is 106 cm³/mol. The van der Waals surface area contributed by atoms with Gasteiger partial charge in [0.2, 0.25) is 0 Å². The van der Waals surface area contributed by atoms with Crippen LogP contribution in [0, 0.1) is 0 Å². The highest BCUT2D eigenvalue weighted by Gasteiger charge is 2.33. The van der Waals surface area contributed by atoms with E-state index in [9.17, 15) is 4.79 Å². The number of benzene rings is 3. The van der Waals surface area contributed by atoms with Crippen LogP contribution in [-0.4, -0.2) is 23.7 Å². The van der Waals surface area contributed by atoms with E-state index in [0.29, 0.717) is 12.0 Å². The lowest BCUT2D eigenvalue weighted by Crippen LogP contribution is -2.27. The largest absolute Gasteiger partial charge is 0.497 e. The van der Waals surface area contributed by atoms with Crippen molar-refractivity contribution in [3.8, 4) is 5.75 Å². The molecule has 0 saturated heterocycles. The molecule has 0 aliphatic carbocycles. The van der Waals surface area contributed by atoms with Gasteiger partial charge in [-0.2, -0.15) is 5.10 Å². The van der Waals surface area contributed by atoms with Gasteiger partial charge in [0.25, 0.3) is 5.91 Å². The third kappa shape index (κ3) is 3.47. The van der Waals surface area contributed by atoms with Gasteiger partial charge in [0, 0.05) is 12.0 Å². The van der Waals surface area contributed by atoms with E-state index < -0.39 is 0 Å². The maximum atomic E-state index is 13.1. The highest BCUT2D eigenvalue weighted by Crippen LogP contribution is 2.34. The summed E-state index contributed by atoms with van der Waals surface area (Å²) in [6.45, 7) is 0. The quantitative estimate of drug-likeness (QED) is 0.681. The summed E-state index contributed by atoms with van der Waals surface area (Å²) in [5, 5.41) is 6.31. The van der Waals surface area contributed by atoms with Crippen LogP contribution in [0.1, 0.15) is 33.9 Å². The Kier molecular flexibility index (Phi) is 4.71. The van der Waals surface area contributed by atoms with E-state index in [4.69, 9.17) is 9.84 Å². The standard InChI is InChI=1S/C23H20N2O2/c1-27-20-14-12-18(13-15-20)22-16-21(17-8-4-2-5-9-17)24-25(22)23(26)19-10-6-3-7-11-19/h2-15,22H,16H2,1H3/t22-/m1/s1. The second-order valence-electron chi connectivity index (χ2n) is 6.42. The maximum Gasteiger partial charge on any atom is 0.274 e. The summed E-state index contributed by atoms with van der Waals surface area (Å²) in [5.74, 6) is 0.698. The molecule has 4 nitrogen and oxygen atoms in total. The number of ether oxygens (including phenoxy) is 1. The van der Waals surface area contributed by atoms with Crippen LogP contribution in [-0.2, 0) is 0 Å². The van der Waals surface area contributed by atoms with Crippen LogP contribution in [0.5, 0.6) is 5.75 Å². The zero-order valence-electron chi connectivity index (χ0n) is 15.1. The molecule has 4 heteroatoms. The van der Waals surface area contributed by atoms with Gasteiger partial charge < -0.3 is 4.74 Å². The lowest BCUT2D eigenvalue weighted by molar-refractivity contribution is 0.0711. The summed E-state index contributed by atoms with van der Waals surface area (Å²) >= 11 is 0. The van der Waals surface area contributed by atoms with Crippen molar-refractivity contribution in [3.05, 3.63) is 102 Å². The molecule has 0 saturated carbocycles. The number of carbonyl (C=O) groups is 1. The Labute approximate surface area is 158 Å². The lowest BCUT2D eigenvalue weighted by atomic mass is 9.98. The number of rotatable bonds is 4. The fourth-order valence-corrected chi connectivity index (χ4v) is 3.30. The van der Waals surface area contributed by atoms with E-state index in [1.807, 2.05) is 84.9 Å². The van der Waals surface area contributed by atoms with Crippen molar-refractivity contribution in [3.63, 3.8) is 0 Å². The Hall–Kier alpha value is -3.40. The number of methoxy groups -OCH3 is 1. The first-order valence-electron chi connectivity index (χ1n) is 8.92. The van der Waals surface area contributed by atoms with Crippen LogP contribution in [0.25, 0.3) is 0 Å². The summed E-state index contributed by atoms with van der Waals surface area (Å²) in [4.78, 5) is 13.1. The van der Waals surface area contributed by atoms with Crippen molar-refractivity contribution in [1.82, 2.24) is 5.01 Å². The van der Waals surface area contributed by atoms with Crippen molar-refractivity contribution in [2.45, 2.75) is 12.5 Å². The van der Waals surface area contributed by atoms with Crippen LogP contribution >= 0.6 is 0 Å². The summed E-state index contributed by atoms with van der Waals surface area (Å²) in [6, 6.07) is 27.0. The first-order valence-corrected chi connectivity index (χ1v) is 8.92. The lowest BCUT2D eigenvalue weighted by Gasteiger charge is -2.22. The van der Waals surface area contributed by atoms with Gasteiger partial charge in [-0.25, -0.2) is 5.01 Å².